The van der Waals surface area contributed by atoms with Crippen LogP contribution >= 0.6 is 0 Å². The Kier molecular flexibility index (Phi) is 2.82. The highest BCUT2D eigenvalue weighted by molar-refractivity contribution is 5.37. The van der Waals surface area contributed by atoms with E-state index < -0.39 is 0 Å². The van der Waals surface area contributed by atoms with Crippen molar-refractivity contribution in [2.45, 2.75) is 0 Å². The van der Waals surface area contributed by atoms with Crippen molar-refractivity contribution >= 4 is 5.69 Å². The Morgan fingerprint density at radius 3 is 2.54 bits per heavy atom. The zero-order valence-electron chi connectivity index (χ0n) is 6.97. The van der Waals surface area contributed by atoms with E-state index in [9.17, 15) is 5.21 Å². The summed E-state index contributed by atoms with van der Waals surface area (Å²) in [5.41, 5.74) is 0.815. The van der Waals surface area contributed by atoms with Gasteiger partial charge in [-0.2, -0.15) is 5.26 Å². The second kappa shape index (κ2) is 4.07. The Balaban J connectivity index is 2.94. The van der Waals surface area contributed by atoms with E-state index in [4.69, 9.17) is 5.26 Å². The summed E-state index contributed by atoms with van der Waals surface area (Å²) in [4.78, 5) is 4.62. The molecular formula is C8H7N3O2. The lowest BCUT2D eigenvalue weighted by Crippen LogP contribution is -1.91. The van der Waals surface area contributed by atoms with Gasteiger partial charge in [-0.1, -0.05) is 0 Å². The van der Waals surface area contributed by atoms with E-state index in [1.54, 1.807) is 0 Å². The number of nitriles is 1. The van der Waals surface area contributed by atoms with Gasteiger partial charge in [0.1, 0.15) is 7.11 Å². The lowest BCUT2D eigenvalue weighted by molar-refractivity contribution is -0.476. The lowest BCUT2D eigenvalue weighted by atomic mass is 10.2. The maximum atomic E-state index is 11.0. The Bertz CT molecular complexity index is 351. The van der Waals surface area contributed by atoms with E-state index in [1.165, 1.54) is 31.4 Å². The molecule has 1 rings (SSSR count). The molecule has 0 radical (unpaired) electrons. The van der Waals surface area contributed by atoms with Gasteiger partial charge in [-0.25, -0.2) is 0 Å². The lowest BCUT2D eigenvalue weighted by Gasteiger charge is -1.96. The van der Waals surface area contributed by atoms with Crippen molar-refractivity contribution in [1.29, 1.82) is 5.26 Å². The molecule has 0 N–H and O–H groups in total. The molecular weight excluding hydrogens is 170 g/mol. The first-order valence-electron chi connectivity index (χ1n) is 3.49. The smallest absolute Gasteiger partial charge is 0.248 e. The van der Waals surface area contributed by atoms with Gasteiger partial charge in [0.25, 0.3) is 0 Å². The van der Waals surface area contributed by atoms with Crippen LogP contribution < -0.4 is 0 Å². The third-order valence-electron chi connectivity index (χ3n) is 1.37. The molecule has 0 aromatic heterocycles. The van der Waals surface area contributed by atoms with E-state index in [2.05, 4.69) is 10.1 Å². The van der Waals surface area contributed by atoms with Crippen molar-refractivity contribution in [2.24, 2.45) is 5.28 Å². The second-order valence-corrected chi connectivity index (χ2v) is 2.20. The van der Waals surface area contributed by atoms with Crippen LogP contribution in [0, 0.1) is 16.5 Å². The third-order valence-corrected chi connectivity index (χ3v) is 1.37. The minimum atomic E-state index is 0.320. The quantitative estimate of drug-likeness (QED) is 0.392. The number of hydrogen-bond donors (Lipinski definition) is 0. The normalized spacial score (nSPS) is 10.6. The van der Waals surface area contributed by atoms with E-state index in [1.807, 2.05) is 6.07 Å². The van der Waals surface area contributed by atoms with Gasteiger partial charge < -0.3 is 10.0 Å². The SMILES string of the molecule is CO/N=[N+](\[O-])c1ccc(C#N)cc1. The van der Waals surface area contributed by atoms with Crippen molar-refractivity contribution in [3.05, 3.63) is 35.0 Å². The zero-order chi connectivity index (χ0) is 9.68. The first-order valence-corrected chi connectivity index (χ1v) is 3.49. The molecule has 0 atom stereocenters. The summed E-state index contributed by atoms with van der Waals surface area (Å²) in [6.07, 6.45) is 0. The van der Waals surface area contributed by atoms with Gasteiger partial charge in [-0.3, -0.25) is 0 Å². The highest BCUT2D eigenvalue weighted by Crippen LogP contribution is 2.12. The molecule has 0 saturated carbocycles. The van der Waals surface area contributed by atoms with Crippen LogP contribution in [0.25, 0.3) is 0 Å². The van der Waals surface area contributed by atoms with Crippen LogP contribution in [0.2, 0.25) is 0 Å². The molecule has 0 heterocycles. The number of rotatable bonds is 2. The Hall–Kier alpha value is -2.09. The maximum Gasteiger partial charge on any atom is 0.248 e. The average molecular weight is 177 g/mol. The van der Waals surface area contributed by atoms with Crippen molar-refractivity contribution in [1.82, 2.24) is 0 Å². The summed E-state index contributed by atoms with van der Waals surface area (Å²) in [6.45, 7) is 0. The zero-order valence-corrected chi connectivity index (χ0v) is 6.97. The molecule has 0 spiro atoms. The van der Waals surface area contributed by atoms with Crippen LogP contribution in [0.1, 0.15) is 5.56 Å². The Morgan fingerprint density at radius 2 is 2.08 bits per heavy atom. The fourth-order valence-corrected chi connectivity index (χ4v) is 0.785. The minimum absolute atomic E-state index is 0.320. The van der Waals surface area contributed by atoms with Gasteiger partial charge in [0.15, 0.2) is 0 Å². The van der Waals surface area contributed by atoms with Gasteiger partial charge in [-0.05, 0) is 17.0 Å². The molecule has 66 valence electrons. The summed E-state index contributed by atoms with van der Waals surface area (Å²) in [5.74, 6) is 0. The van der Waals surface area contributed by atoms with Gasteiger partial charge in [0, 0.05) is 12.1 Å². The molecule has 0 amide bonds. The highest BCUT2D eigenvalue weighted by atomic mass is 16.7. The molecule has 13 heavy (non-hydrogen) atoms. The Labute approximate surface area is 75.0 Å². The first-order chi connectivity index (χ1) is 6.27. The molecule has 1 aromatic carbocycles. The molecule has 0 bridgehead atoms. The molecule has 5 nitrogen and oxygen atoms in total. The standard InChI is InChI=1S/C8H7N3O2/c1-13-10-11(12)8-4-2-7(6-9)3-5-8/h2-5H,1H3/b11-10-. The van der Waals surface area contributed by atoms with Crippen molar-refractivity contribution in [3.8, 4) is 6.07 Å². The van der Waals surface area contributed by atoms with Crippen LogP contribution in [0.3, 0.4) is 0 Å². The van der Waals surface area contributed by atoms with Crippen LogP contribution in [-0.2, 0) is 4.84 Å². The summed E-state index contributed by atoms with van der Waals surface area (Å²) in [6, 6.07) is 8.00. The monoisotopic (exact) mass is 177 g/mol. The Morgan fingerprint density at radius 1 is 1.46 bits per heavy atom. The largest absolute Gasteiger partial charge is 0.592 e. The van der Waals surface area contributed by atoms with Crippen LogP contribution in [0.4, 0.5) is 5.69 Å². The summed E-state index contributed by atoms with van der Waals surface area (Å²) in [5, 5.41) is 22.6. The van der Waals surface area contributed by atoms with Crippen molar-refractivity contribution in [2.75, 3.05) is 7.11 Å². The summed E-state index contributed by atoms with van der Waals surface area (Å²) in [7, 11) is 1.29. The highest BCUT2D eigenvalue weighted by Gasteiger charge is 2.02. The third kappa shape index (κ3) is 2.17. The predicted molar refractivity (Wildman–Crippen MR) is 43.9 cm³/mol. The minimum Gasteiger partial charge on any atom is -0.592 e. The van der Waals surface area contributed by atoms with Crippen LogP contribution in [0.15, 0.2) is 29.5 Å². The molecule has 0 aliphatic heterocycles. The van der Waals surface area contributed by atoms with Gasteiger partial charge in [0.2, 0.25) is 11.0 Å². The molecule has 0 aliphatic carbocycles. The van der Waals surface area contributed by atoms with Crippen molar-refractivity contribution < 1.29 is 9.70 Å². The van der Waals surface area contributed by atoms with Crippen molar-refractivity contribution in [3.63, 3.8) is 0 Å². The number of benzene rings is 1. The van der Waals surface area contributed by atoms with Gasteiger partial charge in [0.05, 0.1) is 11.6 Å². The fraction of sp³-hybridized carbons (Fsp3) is 0.125. The molecule has 5 heteroatoms. The van der Waals surface area contributed by atoms with Gasteiger partial charge >= 0.3 is 0 Å². The molecule has 0 aliphatic rings. The molecule has 0 unspecified atom stereocenters. The molecule has 0 fully saturated rings. The molecule has 1 aromatic rings. The summed E-state index contributed by atoms with van der Waals surface area (Å²) >= 11 is 0. The van der Waals surface area contributed by atoms with E-state index >= 15 is 0 Å². The van der Waals surface area contributed by atoms with Crippen LogP contribution in [0.5, 0.6) is 0 Å². The fourth-order valence-electron chi connectivity index (χ4n) is 0.785. The van der Waals surface area contributed by atoms with Crippen LogP contribution in [-0.4, -0.2) is 12.0 Å². The second-order valence-electron chi connectivity index (χ2n) is 2.20. The first kappa shape index (κ1) is 9.00. The number of nitrogens with zero attached hydrogens (tertiary/aromatic N) is 3. The van der Waals surface area contributed by atoms with E-state index in [-0.39, 0.29) is 0 Å². The topological polar surface area (TPSA) is 71.4 Å². The summed E-state index contributed by atoms with van der Waals surface area (Å²) < 4.78 is 0. The van der Waals surface area contributed by atoms with E-state index in [0.29, 0.717) is 16.1 Å². The van der Waals surface area contributed by atoms with E-state index in [0.717, 1.165) is 0 Å². The molecule has 0 saturated heterocycles. The van der Waals surface area contributed by atoms with Gasteiger partial charge in [-0.15, -0.1) is 0 Å². The number of hydrogen-bond acceptors (Lipinski definition) is 4. The average Bonchev–Trinajstić information content (AvgIpc) is 2.18. The predicted octanol–water partition coefficient (Wildman–Crippen LogP) is 1.71. The maximum absolute atomic E-state index is 11.0.